The summed E-state index contributed by atoms with van der Waals surface area (Å²) >= 11 is 0. The van der Waals surface area contributed by atoms with Crippen molar-refractivity contribution in [3.63, 3.8) is 0 Å². The Morgan fingerprint density at radius 1 is 1.47 bits per heavy atom. The Hall–Kier alpha value is -1.90. The van der Waals surface area contributed by atoms with Gasteiger partial charge in [-0.2, -0.15) is 13.2 Å². The first-order valence-corrected chi connectivity index (χ1v) is 4.43. The van der Waals surface area contributed by atoms with Crippen LogP contribution >= 0.6 is 0 Å². The van der Waals surface area contributed by atoms with Gasteiger partial charge in [-0.25, -0.2) is 0 Å². The summed E-state index contributed by atoms with van der Waals surface area (Å²) in [4.78, 5) is 10.5. The number of carbonyl (C=O) groups excluding carboxylic acids is 1. The third-order valence-electron chi connectivity index (χ3n) is 1.76. The van der Waals surface area contributed by atoms with E-state index in [1.807, 2.05) is 0 Å². The van der Waals surface area contributed by atoms with Crippen molar-refractivity contribution in [3.8, 4) is 0 Å². The second-order valence-electron chi connectivity index (χ2n) is 3.10. The lowest BCUT2D eigenvalue weighted by molar-refractivity contribution is -0.141. The number of rotatable bonds is 4. The average Bonchev–Trinajstić information content (AvgIpc) is 2.25. The lowest BCUT2D eigenvalue weighted by Crippen LogP contribution is -2.34. The summed E-state index contributed by atoms with van der Waals surface area (Å²) in [6.45, 7) is -0.255. The number of hydrogen-bond acceptors (Lipinski definition) is 5. The Morgan fingerprint density at radius 2 is 2.12 bits per heavy atom. The number of carbonyl (C=O) groups is 1. The quantitative estimate of drug-likeness (QED) is 0.684. The van der Waals surface area contributed by atoms with Crippen LogP contribution in [0, 0.1) is 0 Å². The molecule has 0 spiro atoms. The maximum absolute atomic E-state index is 12.1. The van der Waals surface area contributed by atoms with Crippen molar-refractivity contribution in [1.29, 1.82) is 0 Å². The van der Waals surface area contributed by atoms with Gasteiger partial charge in [-0.1, -0.05) is 0 Å². The summed E-state index contributed by atoms with van der Waals surface area (Å²) < 4.78 is 36.3. The zero-order valence-electron chi connectivity index (χ0n) is 8.40. The third kappa shape index (κ3) is 3.87. The minimum absolute atomic E-state index is 0.00157. The van der Waals surface area contributed by atoms with Crippen LogP contribution in [0.4, 0.5) is 19.0 Å². The summed E-state index contributed by atoms with van der Waals surface area (Å²) in [5, 5.41) is 17.6. The van der Waals surface area contributed by atoms with Gasteiger partial charge >= 0.3 is 6.18 Å². The summed E-state index contributed by atoms with van der Waals surface area (Å²) in [7, 11) is 0. The lowest BCUT2D eigenvalue weighted by Gasteiger charge is -2.09. The number of halogens is 3. The zero-order chi connectivity index (χ0) is 13.1. The predicted molar refractivity (Wildman–Crippen MR) is 50.7 cm³/mol. The van der Waals surface area contributed by atoms with Crippen molar-refractivity contribution in [2.45, 2.75) is 12.3 Å². The van der Waals surface area contributed by atoms with Gasteiger partial charge in [0, 0.05) is 0 Å². The summed E-state index contributed by atoms with van der Waals surface area (Å²) in [5.41, 5.74) is 3.64. The largest absolute Gasteiger partial charge is 0.435 e. The average molecular weight is 250 g/mol. The van der Waals surface area contributed by atoms with Gasteiger partial charge in [0.15, 0.2) is 5.69 Å². The van der Waals surface area contributed by atoms with Crippen LogP contribution in [-0.4, -0.2) is 33.9 Å². The first-order chi connectivity index (χ1) is 7.80. The van der Waals surface area contributed by atoms with E-state index in [2.05, 4.69) is 15.5 Å². The number of aliphatic hydroxyl groups is 1. The number of primary amides is 1. The van der Waals surface area contributed by atoms with Crippen LogP contribution in [0.5, 0.6) is 0 Å². The number of nitrogens with two attached hydrogens (primary N) is 1. The minimum Gasteiger partial charge on any atom is -0.381 e. The molecule has 1 amide bonds. The molecule has 6 nitrogen and oxygen atoms in total. The number of anilines is 1. The Bertz CT molecular complexity index is 393. The van der Waals surface area contributed by atoms with Gasteiger partial charge in [-0.3, -0.25) is 4.79 Å². The molecule has 1 unspecified atom stereocenters. The predicted octanol–water partition coefficient (Wildman–Crippen LogP) is -0.247. The minimum atomic E-state index is -4.56. The summed E-state index contributed by atoms with van der Waals surface area (Å²) in [6, 6.07) is 1.76. The monoisotopic (exact) mass is 250 g/mol. The van der Waals surface area contributed by atoms with E-state index in [-0.39, 0.29) is 12.4 Å². The van der Waals surface area contributed by atoms with E-state index < -0.39 is 23.9 Å². The van der Waals surface area contributed by atoms with Gasteiger partial charge in [0.2, 0.25) is 5.91 Å². The number of aliphatic hydroxyl groups excluding tert-OH is 1. The Kier molecular flexibility index (Phi) is 3.84. The topological polar surface area (TPSA) is 101 Å². The van der Waals surface area contributed by atoms with Crippen LogP contribution < -0.4 is 11.1 Å². The number of amides is 1. The van der Waals surface area contributed by atoms with Gasteiger partial charge in [-0.05, 0) is 12.1 Å². The molecule has 1 heterocycles. The molecule has 0 aliphatic carbocycles. The van der Waals surface area contributed by atoms with Crippen LogP contribution in [0.15, 0.2) is 12.1 Å². The Balaban J connectivity index is 2.60. The zero-order valence-corrected chi connectivity index (χ0v) is 8.40. The smallest absolute Gasteiger partial charge is 0.381 e. The van der Waals surface area contributed by atoms with Gasteiger partial charge in [-0.15, -0.1) is 10.2 Å². The van der Waals surface area contributed by atoms with Crippen molar-refractivity contribution < 1.29 is 23.1 Å². The van der Waals surface area contributed by atoms with E-state index in [0.717, 1.165) is 12.1 Å². The highest BCUT2D eigenvalue weighted by atomic mass is 19.4. The van der Waals surface area contributed by atoms with Gasteiger partial charge < -0.3 is 16.2 Å². The van der Waals surface area contributed by atoms with Gasteiger partial charge in [0.05, 0.1) is 6.54 Å². The molecule has 0 saturated heterocycles. The van der Waals surface area contributed by atoms with Crippen molar-refractivity contribution >= 4 is 11.7 Å². The first kappa shape index (κ1) is 13.2. The van der Waals surface area contributed by atoms with E-state index in [1.165, 1.54) is 0 Å². The molecular weight excluding hydrogens is 241 g/mol. The van der Waals surface area contributed by atoms with Crippen LogP contribution in [0.2, 0.25) is 0 Å². The number of alkyl halides is 3. The molecule has 94 valence electrons. The van der Waals surface area contributed by atoms with Crippen LogP contribution in [0.25, 0.3) is 0 Å². The molecule has 0 radical (unpaired) electrons. The molecule has 0 saturated carbocycles. The molecule has 0 aliphatic heterocycles. The number of nitrogens with one attached hydrogen (secondary N) is 1. The summed E-state index contributed by atoms with van der Waals surface area (Å²) in [6.07, 6.45) is -6.00. The van der Waals surface area contributed by atoms with E-state index in [9.17, 15) is 18.0 Å². The fourth-order valence-corrected chi connectivity index (χ4v) is 0.880. The standard InChI is InChI=1S/C8H9F3N4O2/c9-8(10,11)5-1-2-6(15-14-5)13-3-4(16)7(12)17/h1-2,4,16H,3H2,(H2,12,17)(H,13,15). The molecule has 0 aromatic carbocycles. The van der Waals surface area contributed by atoms with E-state index >= 15 is 0 Å². The molecule has 1 aromatic rings. The van der Waals surface area contributed by atoms with Crippen molar-refractivity contribution in [1.82, 2.24) is 10.2 Å². The molecule has 1 aromatic heterocycles. The molecule has 1 atom stereocenters. The molecule has 4 N–H and O–H groups in total. The SMILES string of the molecule is NC(=O)C(O)CNc1ccc(C(F)(F)F)nn1. The maximum atomic E-state index is 12.1. The van der Waals surface area contributed by atoms with E-state index in [0.29, 0.717) is 0 Å². The second kappa shape index (κ2) is 4.95. The second-order valence-corrected chi connectivity index (χ2v) is 3.10. The number of nitrogens with zero attached hydrogens (tertiary/aromatic N) is 2. The van der Waals surface area contributed by atoms with Crippen molar-refractivity contribution in [2.24, 2.45) is 5.73 Å². The van der Waals surface area contributed by atoms with E-state index in [1.54, 1.807) is 0 Å². The first-order valence-electron chi connectivity index (χ1n) is 4.43. The van der Waals surface area contributed by atoms with Gasteiger partial charge in [0.25, 0.3) is 0 Å². The fraction of sp³-hybridized carbons (Fsp3) is 0.375. The molecular formula is C8H9F3N4O2. The third-order valence-corrected chi connectivity index (χ3v) is 1.76. The van der Waals surface area contributed by atoms with Crippen LogP contribution in [0.3, 0.4) is 0 Å². The number of hydrogen-bond donors (Lipinski definition) is 3. The molecule has 0 aliphatic rings. The van der Waals surface area contributed by atoms with Crippen molar-refractivity contribution in [3.05, 3.63) is 17.8 Å². The highest BCUT2D eigenvalue weighted by molar-refractivity contribution is 5.79. The van der Waals surface area contributed by atoms with Crippen LogP contribution in [0.1, 0.15) is 5.69 Å². The van der Waals surface area contributed by atoms with Crippen molar-refractivity contribution in [2.75, 3.05) is 11.9 Å². The normalized spacial score (nSPS) is 13.2. The molecule has 0 bridgehead atoms. The fourth-order valence-electron chi connectivity index (χ4n) is 0.880. The molecule has 1 rings (SSSR count). The van der Waals surface area contributed by atoms with E-state index in [4.69, 9.17) is 10.8 Å². The highest BCUT2D eigenvalue weighted by Gasteiger charge is 2.32. The molecule has 17 heavy (non-hydrogen) atoms. The van der Waals surface area contributed by atoms with Gasteiger partial charge in [0.1, 0.15) is 11.9 Å². The number of aromatic nitrogens is 2. The Labute approximate surface area is 93.6 Å². The lowest BCUT2D eigenvalue weighted by atomic mass is 10.3. The summed E-state index contributed by atoms with van der Waals surface area (Å²) in [5.74, 6) is -0.948. The maximum Gasteiger partial charge on any atom is 0.435 e. The Morgan fingerprint density at radius 3 is 2.53 bits per heavy atom. The van der Waals surface area contributed by atoms with Crippen LogP contribution in [-0.2, 0) is 11.0 Å². The molecule has 0 fully saturated rings. The molecule has 9 heteroatoms. The highest BCUT2D eigenvalue weighted by Crippen LogP contribution is 2.26.